The van der Waals surface area contributed by atoms with Crippen molar-refractivity contribution >= 4 is 34.4 Å². The van der Waals surface area contributed by atoms with E-state index in [9.17, 15) is 10.1 Å². The minimum atomic E-state index is -0.439. The quantitative estimate of drug-likeness (QED) is 0.508. The minimum Gasteiger partial charge on any atom is -0.497 e. The van der Waals surface area contributed by atoms with E-state index in [1.807, 2.05) is 0 Å². The number of hydrogen-bond acceptors (Lipinski definition) is 4. The maximum Gasteiger partial charge on any atom is 0.292 e. The number of hydrogen-bond donors (Lipinski definition) is 2. The second-order valence-corrected chi connectivity index (χ2v) is 4.99. The molecule has 2 aromatic rings. The third-order valence-corrected chi connectivity index (χ3v) is 3.15. The van der Waals surface area contributed by atoms with Gasteiger partial charge in [-0.15, -0.1) is 0 Å². The van der Waals surface area contributed by atoms with Gasteiger partial charge >= 0.3 is 0 Å². The van der Waals surface area contributed by atoms with Crippen LogP contribution in [0.25, 0.3) is 0 Å². The van der Waals surface area contributed by atoms with Crippen molar-refractivity contribution in [1.29, 1.82) is 0 Å². The molecule has 22 heavy (non-hydrogen) atoms. The average Bonchev–Trinajstić information content (AvgIpc) is 2.49. The van der Waals surface area contributed by atoms with Crippen molar-refractivity contribution in [3.63, 3.8) is 0 Å². The lowest BCUT2D eigenvalue weighted by Gasteiger charge is -2.11. The molecule has 7 heteroatoms. The molecule has 0 unspecified atom stereocenters. The van der Waals surface area contributed by atoms with E-state index in [0.29, 0.717) is 5.69 Å². The van der Waals surface area contributed by atoms with Gasteiger partial charge in [0, 0.05) is 11.8 Å². The Hall–Kier alpha value is -2.67. The van der Waals surface area contributed by atoms with Gasteiger partial charge in [0.1, 0.15) is 11.4 Å². The molecule has 0 aliphatic heterocycles. The van der Waals surface area contributed by atoms with E-state index in [0.717, 1.165) is 17.0 Å². The van der Waals surface area contributed by atoms with Crippen LogP contribution in [0.3, 0.4) is 0 Å². The highest BCUT2D eigenvalue weighted by molar-refractivity contribution is 7.80. The largest absolute Gasteiger partial charge is 0.497 e. The summed E-state index contributed by atoms with van der Waals surface area (Å²) in [6.45, 7) is 1.80. The fraction of sp³-hybridized carbons (Fsp3) is 0.133. The van der Waals surface area contributed by atoms with Crippen molar-refractivity contribution in [1.82, 2.24) is 0 Å². The van der Waals surface area contributed by atoms with E-state index in [1.165, 1.54) is 6.07 Å². The van der Waals surface area contributed by atoms with Crippen molar-refractivity contribution in [2.75, 3.05) is 17.7 Å². The Morgan fingerprint density at radius 3 is 2.45 bits per heavy atom. The molecule has 0 atom stereocenters. The van der Waals surface area contributed by atoms with Crippen LogP contribution in [0.2, 0.25) is 0 Å². The van der Waals surface area contributed by atoms with Crippen molar-refractivity contribution in [3.05, 3.63) is 58.1 Å². The predicted molar refractivity (Wildman–Crippen MR) is 90.7 cm³/mol. The number of aryl methyl sites for hydroxylation is 1. The molecule has 0 fully saturated rings. The Morgan fingerprint density at radius 2 is 1.86 bits per heavy atom. The van der Waals surface area contributed by atoms with Crippen LogP contribution in [0.15, 0.2) is 42.5 Å². The molecule has 2 N–H and O–H groups in total. The second kappa shape index (κ2) is 6.86. The number of anilines is 2. The van der Waals surface area contributed by atoms with Gasteiger partial charge in [0.2, 0.25) is 0 Å². The summed E-state index contributed by atoms with van der Waals surface area (Å²) in [5, 5.41) is 17.2. The SMILES string of the molecule is COc1ccc(NC(=S)Nc2ccc(C)cc2[N+](=O)[O-])cc1. The van der Waals surface area contributed by atoms with Gasteiger partial charge in [0.05, 0.1) is 12.0 Å². The highest BCUT2D eigenvalue weighted by atomic mass is 32.1. The van der Waals surface area contributed by atoms with Crippen LogP contribution in [-0.4, -0.2) is 17.1 Å². The standard InChI is InChI=1S/C15H15N3O3S/c1-10-3-8-13(14(9-10)18(19)20)17-15(22)16-11-4-6-12(21-2)7-5-11/h3-9H,1-2H3,(H2,16,17,22). The zero-order valence-corrected chi connectivity index (χ0v) is 12.9. The molecule has 0 heterocycles. The third kappa shape index (κ3) is 3.92. The molecule has 0 bridgehead atoms. The number of ether oxygens (including phenoxy) is 1. The first kappa shape index (κ1) is 15.7. The third-order valence-electron chi connectivity index (χ3n) is 2.95. The molecule has 0 radical (unpaired) electrons. The number of nitro groups is 1. The molecule has 114 valence electrons. The highest BCUT2D eigenvalue weighted by Gasteiger charge is 2.14. The number of thiocarbonyl (C=S) groups is 1. The van der Waals surface area contributed by atoms with Gasteiger partial charge in [0.25, 0.3) is 5.69 Å². The molecule has 0 aromatic heterocycles. The fourth-order valence-electron chi connectivity index (χ4n) is 1.86. The number of benzene rings is 2. The lowest BCUT2D eigenvalue weighted by atomic mass is 10.2. The monoisotopic (exact) mass is 317 g/mol. The van der Waals surface area contributed by atoms with Gasteiger partial charge in [-0.3, -0.25) is 10.1 Å². The van der Waals surface area contributed by atoms with Crippen LogP contribution < -0.4 is 15.4 Å². The minimum absolute atomic E-state index is 0.0149. The molecular formula is C15H15N3O3S. The van der Waals surface area contributed by atoms with E-state index in [2.05, 4.69) is 10.6 Å². The summed E-state index contributed by atoms with van der Waals surface area (Å²) in [7, 11) is 1.59. The molecule has 0 saturated carbocycles. The van der Waals surface area contributed by atoms with Gasteiger partial charge in [0.15, 0.2) is 5.11 Å². The van der Waals surface area contributed by atoms with Crippen LogP contribution in [0.5, 0.6) is 5.75 Å². The summed E-state index contributed by atoms with van der Waals surface area (Å²) >= 11 is 5.18. The number of methoxy groups -OCH3 is 1. The van der Waals surface area contributed by atoms with Crippen molar-refractivity contribution < 1.29 is 9.66 Å². The lowest BCUT2D eigenvalue weighted by Crippen LogP contribution is -2.19. The molecular weight excluding hydrogens is 302 g/mol. The summed E-state index contributed by atoms with van der Waals surface area (Å²) in [4.78, 5) is 10.6. The fourth-order valence-corrected chi connectivity index (χ4v) is 2.09. The highest BCUT2D eigenvalue weighted by Crippen LogP contribution is 2.25. The van der Waals surface area contributed by atoms with Gasteiger partial charge in [-0.1, -0.05) is 6.07 Å². The Morgan fingerprint density at radius 1 is 1.18 bits per heavy atom. The number of nitrogens with one attached hydrogen (secondary N) is 2. The van der Waals surface area contributed by atoms with Crippen molar-refractivity contribution in [2.45, 2.75) is 6.92 Å². The van der Waals surface area contributed by atoms with Gasteiger partial charge in [-0.2, -0.15) is 0 Å². The van der Waals surface area contributed by atoms with Crippen LogP contribution in [0, 0.1) is 17.0 Å². The lowest BCUT2D eigenvalue weighted by molar-refractivity contribution is -0.383. The number of rotatable bonds is 4. The average molecular weight is 317 g/mol. The summed E-state index contributed by atoms with van der Waals surface area (Å²) in [6.07, 6.45) is 0. The maximum absolute atomic E-state index is 11.1. The molecule has 0 aliphatic rings. The van der Waals surface area contributed by atoms with Crippen LogP contribution in [-0.2, 0) is 0 Å². The van der Waals surface area contributed by atoms with E-state index in [4.69, 9.17) is 17.0 Å². The molecule has 2 aromatic carbocycles. The molecule has 0 amide bonds. The molecule has 0 aliphatic carbocycles. The zero-order valence-electron chi connectivity index (χ0n) is 12.1. The van der Waals surface area contributed by atoms with Crippen molar-refractivity contribution in [3.8, 4) is 5.75 Å². The molecule has 0 spiro atoms. The van der Waals surface area contributed by atoms with Crippen LogP contribution in [0.4, 0.5) is 17.1 Å². The first-order chi connectivity index (χ1) is 10.5. The van der Waals surface area contributed by atoms with E-state index < -0.39 is 4.92 Å². The van der Waals surface area contributed by atoms with Crippen LogP contribution >= 0.6 is 12.2 Å². The predicted octanol–water partition coefficient (Wildman–Crippen LogP) is 3.72. The van der Waals surface area contributed by atoms with Crippen molar-refractivity contribution in [2.24, 2.45) is 0 Å². The van der Waals surface area contributed by atoms with Gasteiger partial charge < -0.3 is 15.4 Å². The first-order valence-electron chi connectivity index (χ1n) is 6.46. The normalized spacial score (nSPS) is 9.91. The topological polar surface area (TPSA) is 76.4 Å². The van der Waals surface area contributed by atoms with Gasteiger partial charge in [-0.25, -0.2) is 0 Å². The molecule has 0 saturated heterocycles. The Balaban J connectivity index is 2.10. The summed E-state index contributed by atoms with van der Waals surface area (Å²) < 4.78 is 5.07. The van der Waals surface area contributed by atoms with E-state index in [1.54, 1.807) is 50.4 Å². The zero-order chi connectivity index (χ0) is 16.1. The summed E-state index contributed by atoms with van der Waals surface area (Å²) in [5.41, 5.74) is 1.90. The second-order valence-electron chi connectivity index (χ2n) is 4.59. The summed E-state index contributed by atoms with van der Waals surface area (Å²) in [6, 6.07) is 12.1. The molecule has 2 rings (SSSR count). The molecule has 6 nitrogen and oxygen atoms in total. The van der Waals surface area contributed by atoms with E-state index in [-0.39, 0.29) is 10.8 Å². The van der Waals surface area contributed by atoms with E-state index >= 15 is 0 Å². The Bertz CT molecular complexity index is 702. The Kier molecular flexibility index (Phi) is 4.90. The number of nitrogens with zero attached hydrogens (tertiary/aromatic N) is 1. The Labute approximate surface area is 133 Å². The first-order valence-corrected chi connectivity index (χ1v) is 6.87. The summed E-state index contributed by atoms with van der Waals surface area (Å²) in [5.74, 6) is 0.735. The smallest absolute Gasteiger partial charge is 0.292 e. The van der Waals surface area contributed by atoms with Crippen LogP contribution in [0.1, 0.15) is 5.56 Å². The number of nitro benzene ring substituents is 1. The maximum atomic E-state index is 11.1. The van der Waals surface area contributed by atoms with Gasteiger partial charge in [-0.05, 0) is 55.0 Å².